The average Bonchev–Trinajstić information content (AvgIpc) is 2.49. The Morgan fingerprint density at radius 2 is 1.38 bits per heavy atom. The minimum Gasteiger partial charge on any atom is -0.391 e. The molecular formula is C12H22F7N2O6S2+. The van der Waals surface area contributed by atoms with Crippen molar-refractivity contribution >= 4 is 20.1 Å². The molecule has 0 bridgehead atoms. The largest absolute Gasteiger partial charge is 0.461 e. The van der Waals surface area contributed by atoms with E-state index in [1.165, 1.54) is 7.05 Å². The van der Waals surface area contributed by atoms with Crippen LogP contribution in [0.5, 0.6) is 0 Å². The van der Waals surface area contributed by atoms with Gasteiger partial charge in [-0.1, -0.05) is 0 Å². The van der Waals surface area contributed by atoms with Crippen LogP contribution in [-0.4, -0.2) is 93.9 Å². The van der Waals surface area contributed by atoms with E-state index >= 15 is 0 Å². The van der Waals surface area contributed by atoms with Crippen LogP contribution in [0.4, 0.5) is 30.7 Å². The van der Waals surface area contributed by atoms with Gasteiger partial charge in [0.1, 0.15) is 6.54 Å². The van der Waals surface area contributed by atoms with Crippen molar-refractivity contribution in [3.8, 4) is 0 Å². The molecule has 3 N–H and O–H groups in total. The molecule has 0 aromatic heterocycles. The third-order valence-corrected chi connectivity index (χ3v) is 6.29. The molecule has 8 nitrogen and oxygen atoms in total. The van der Waals surface area contributed by atoms with Crippen molar-refractivity contribution < 1.29 is 61.7 Å². The lowest BCUT2D eigenvalue weighted by Gasteiger charge is -2.34. The number of halogens is 7. The highest BCUT2D eigenvalue weighted by Gasteiger charge is 2.78. The molecular weight excluding hydrogens is 465 g/mol. The zero-order valence-corrected chi connectivity index (χ0v) is 16.7. The molecule has 0 aliphatic heterocycles. The van der Waals surface area contributed by atoms with Crippen molar-refractivity contribution in [3.05, 3.63) is 0 Å². The lowest BCUT2D eigenvalue weighted by Crippen LogP contribution is -2.59. The van der Waals surface area contributed by atoms with Crippen molar-refractivity contribution in [2.45, 2.75) is 30.2 Å². The fourth-order valence-corrected chi connectivity index (χ4v) is 3.84. The van der Waals surface area contributed by atoms with Gasteiger partial charge in [-0.3, -0.25) is 4.55 Å². The Labute approximate surface area is 163 Å². The van der Waals surface area contributed by atoms with Crippen LogP contribution in [0.15, 0.2) is 0 Å². The number of aliphatic hydroxyl groups is 1. The molecule has 0 aromatic rings. The molecule has 1 unspecified atom stereocenters. The fraction of sp³-hybridized carbons (Fsp3) is 1.00. The third-order valence-electron chi connectivity index (χ3n) is 3.97. The molecule has 0 amide bonds. The van der Waals surface area contributed by atoms with Gasteiger partial charge in [-0.05, 0) is 0 Å². The molecule has 176 valence electrons. The zero-order chi connectivity index (χ0) is 23.4. The van der Waals surface area contributed by atoms with Crippen LogP contribution in [0.3, 0.4) is 0 Å². The Balaban J connectivity index is 4.97. The number of rotatable bonds is 13. The predicted octanol–water partition coefficient (Wildman–Crippen LogP) is 0.803. The molecule has 0 rings (SSSR count). The van der Waals surface area contributed by atoms with Gasteiger partial charge in [0.15, 0.2) is 0 Å². The van der Waals surface area contributed by atoms with Gasteiger partial charge in [0, 0.05) is 19.4 Å². The zero-order valence-electron chi connectivity index (χ0n) is 15.1. The van der Waals surface area contributed by atoms with E-state index in [4.69, 9.17) is 9.66 Å². The molecule has 0 aromatic carbocycles. The average molecular weight is 487 g/mol. The molecule has 0 radical (unpaired) electrons. The lowest BCUT2D eigenvalue weighted by atomic mass is 10.3. The van der Waals surface area contributed by atoms with Gasteiger partial charge in [-0.2, -0.15) is 39.2 Å². The highest BCUT2D eigenvalue weighted by atomic mass is 32.2. The van der Waals surface area contributed by atoms with Crippen molar-refractivity contribution in [1.82, 2.24) is 4.72 Å². The molecule has 29 heavy (non-hydrogen) atoms. The first kappa shape index (κ1) is 28.2. The van der Waals surface area contributed by atoms with Crippen molar-refractivity contribution in [1.29, 1.82) is 0 Å². The summed E-state index contributed by atoms with van der Waals surface area (Å²) < 4.78 is 142. The van der Waals surface area contributed by atoms with E-state index in [0.29, 0.717) is 0 Å². The maximum absolute atomic E-state index is 13.3. The summed E-state index contributed by atoms with van der Waals surface area (Å²) >= 11 is 0. The number of nitrogens with one attached hydrogen (secondary N) is 1. The Morgan fingerprint density at radius 1 is 0.897 bits per heavy atom. The van der Waals surface area contributed by atoms with Crippen molar-refractivity contribution in [2.75, 3.05) is 45.6 Å². The summed E-state index contributed by atoms with van der Waals surface area (Å²) in [5.41, 5.74) is 0. The SMILES string of the molecule is C[N+](CCO)(CCCNS(=O)(=O)C(F)(F)C(F)(F)C(F)(F)F)CCCS(=O)(=O)O. The molecule has 0 aliphatic rings. The second kappa shape index (κ2) is 9.59. The van der Waals surface area contributed by atoms with Crippen molar-refractivity contribution in [3.63, 3.8) is 0 Å². The summed E-state index contributed by atoms with van der Waals surface area (Å²) in [6.07, 6.45) is -7.18. The third kappa shape index (κ3) is 7.78. The van der Waals surface area contributed by atoms with Crippen LogP contribution in [-0.2, 0) is 20.1 Å². The van der Waals surface area contributed by atoms with Crippen LogP contribution in [0.1, 0.15) is 12.8 Å². The van der Waals surface area contributed by atoms with Crippen LogP contribution in [0.2, 0.25) is 0 Å². The number of alkyl halides is 7. The van der Waals surface area contributed by atoms with Crippen molar-refractivity contribution in [2.24, 2.45) is 0 Å². The van der Waals surface area contributed by atoms with Crippen LogP contribution >= 0.6 is 0 Å². The Bertz CT molecular complexity index is 742. The molecule has 0 saturated heterocycles. The molecule has 1 atom stereocenters. The first-order valence-corrected chi connectivity index (χ1v) is 11.0. The Kier molecular flexibility index (Phi) is 9.34. The second-order valence-electron chi connectivity index (χ2n) is 6.49. The second-order valence-corrected chi connectivity index (χ2v) is 9.87. The van der Waals surface area contributed by atoms with E-state index < -0.39 is 56.4 Å². The van der Waals surface area contributed by atoms with Gasteiger partial charge in [-0.25, -0.2) is 13.1 Å². The summed E-state index contributed by atoms with van der Waals surface area (Å²) in [7, 11) is -9.17. The lowest BCUT2D eigenvalue weighted by molar-refractivity contribution is -0.909. The molecule has 0 spiro atoms. The number of nitrogens with zero attached hydrogens (tertiary/aromatic N) is 1. The Morgan fingerprint density at radius 3 is 1.79 bits per heavy atom. The summed E-state index contributed by atoms with van der Waals surface area (Å²) in [5, 5.41) is 2.59. The number of likely N-dealkylation sites (N-methyl/N-ethyl adjacent to an activating group) is 1. The Hall–Kier alpha value is -0.750. The standard InChI is InChI=1S/C12H21F7N2O6S2/c1-21(7-8-22,6-3-9-28(23,24)25)5-2-4-20-29(26,27)12(18,19)10(13,14)11(15,16)17/h20,22H,2-9H2,1H3/p+1. The van der Waals surface area contributed by atoms with E-state index in [1.54, 1.807) is 0 Å². The van der Waals surface area contributed by atoms with Gasteiger partial charge in [0.2, 0.25) is 0 Å². The first-order valence-electron chi connectivity index (χ1n) is 7.93. The van der Waals surface area contributed by atoms with Gasteiger partial charge < -0.3 is 9.59 Å². The molecule has 0 aliphatic carbocycles. The number of hydrogen-bond donors (Lipinski definition) is 3. The minimum absolute atomic E-state index is 0.0144. The van der Waals surface area contributed by atoms with Crippen LogP contribution in [0.25, 0.3) is 0 Å². The molecule has 17 heteroatoms. The summed E-state index contributed by atoms with van der Waals surface area (Å²) in [6, 6.07) is 0. The predicted molar refractivity (Wildman–Crippen MR) is 86.4 cm³/mol. The number of aliphatic hydroxyl groups excluding tert-OH is 1. The number of sulfonamides is 1. The summed E-state index contributed by atoms with van der Waals surface area (Å²) in [4.78, 5) is 0. The fourth-order valence-electron chi connectivity index (χ4n) is 2.30. The van der Waals surface area contributed by atoms with Gasteiger partial charge in [0.25, 0.3) is 20.1 Å². The van der Waals surface area contributed by atoms with Crippen LogP contribution < -0.4 is 4.72 Å². The number of hydrogen-bond acceptors (Lipinski definition) is 5. The van der Waals surface area contributed by atoms with E-state index in [2.05, 4.69) is 0 Å². The topological polar surface area (TPSA) is 121 Å². The van der Waals surface area contributed by atoms with Gasteiger partial charge >= 0.3 is 17.4 Å². The van der Waals surface area contributed by atoms with E-state index in [1.807, 2.05) is 0 Å². The van der Waals surface area contributed by atoms with Gasteiger partial charge in [0.05, 0.1) is 32.5 Å². The van der Waals surface area contributed by atoms with E-state index in [-0.39, 0.29) is 37.0 Å². The number of quaternary nitrogens is 1. The van der Waals surface area contributed by atoms with E-state index in [0.717, 1.165) is 4.72 Å². The quantitative estimate of drug-likeness (QED) is 0.153. The molecule has 0 heterocycles. The maximum atomic E-state index is 13.3. The highest BCUT2D eigenvalue weighted by molar-refractivity contribution is 7.90. The smallest absolute Gasteiger partial charge is 0.391 e. The summed E-state index contributed by atoms with van der Waals surface area (Å²) in [5.74, 6) is -7.43. The maximum Gasteiger partial charge on any atom is 0.461 e. The highest BCUT2D eigenvalue weighted by Crippen LogP contribution is 2.48. The molecule has 0 saturated carbocycles. The monoisotopic (exact) mass is 487 g/mol. The van der Waals surface area contributed by atoms with E-state index in [9.17, 15) is 47.6 Å². The summed E-state index contributed by atoms with van der Waals surface area (Å²) in [6.45, 7) is -1.32. The van der Waals surface area contributed by atoms with Gasteiger partial charge in [-0.15, -0.1) is 0 Å². The minimum atomic E-state index is -6.82. The van der Waals surface area contributed by atoms with Crippen LogP contribution in [0, 0.1) is 0 Å². The molecule has 0 fully saturated rings. The normalized spacial score (nSPS) is 16.6. The first-order chi connectivity index (χ1) is 12.7.